The van der Waals surface area contributed by atoms with Crippen molar-refractivity contribution < 1.29 is 37.6 Å². The van der Waals surface area contributed by atoms with E-state index in [1.807, 2.05) is 52.0 Å². The maximum atomic E-state index is 12.0. The van der Waals surface area contributed by atoms with Crippen LogP contribution in [0.15, 0.2) is 71.6 Å². The summed E-state index contributed by atoms with van der Waals surface area (Å²) < 4.78 is 39.7. The van der Waals surface area contributed by atoms with E-state index in [1.165, 1.54) is 12.1 Å². The van der Waals surface area contributed by atoms with E-state index in [2.05, 4.69) is 10.6 Å². The summed E-state index contributed by atoms with van der Waals surface area (Å²) in [6.45, 7) is 10.7. The Morgan fingerprint density at radius 3 is 2.36 bits per heavy atom. The van der Waals surface area contributed by atoms with Gasteiger partial charge in [0.15, 0.2) is 5.72 Å². The fourth-order valence-corrected chi connectivity index (χ4v) is 5.38. The molecule has 0 spiro atoms. The van der Waals surface area contributed by atoms with Crippen LogP contribution in [0.4, 0.5) is 0 Å². The lowest BCUT2D eigenvalue weighted by atomic mass is 9.94. The Kier molecular flexibility index (Phi) is 13.3. The summed E-state index contributed by atoms with van der Waals surface area (Å²) in [4.78, 5) is 11.6. The molecule has 0 saturated carbocycles. The van der Waals surface area contributed by atoms with Gasteiger partial charge in [-0.15, -0.1) is 0 Å². The molecule has 0 fully saturated rings. The van der Waals surface area contributed by atoms with Crippen LogP contribution >= 0.6 is 11.6 Å². The van der Waals surface area contributed by atoms with Crippen molar-refractivity contribution in [2.75, 3.05) is 26.4 Å². The zero-order valence-corrected chi connectivity index (χ0v) is 27.4. The molecule has 2 unspecified atom stereocenters. The lowest BCUT2D eigenvalue weighted by molar-refractivity contribution is 0.0143. The van der Waals surface area contributed by atoms with Crippen LogP contribution in [0.3, 0.4) is 0 Å². The number of carbonyl (C=O) groups excluding carboxylic acids is 1. The lowest BCUT2D eigenvalue weighted by Crippen LogP contribution is -2.40. The SMILES string of the molecule is CC(C)NCC(O)COc1ccc(COCCOC(C)C)cc1.NS(=O)(=O)c1cc(C2(O)NC(=O)c3ccccc32)ccc1Cl. The fraction of sp³-hybridized carbons (Fsp3) is 0.406. The molecule has 0 bridgehead atoms. The highest BCUT2D eigenvalue weighted by molar-refractivity contribution is 7.89. The van der Waals surface area contributed by atoms with E-state index in [1.54, 1.807) is 24.3 Å². The summed E-state index contributed by atoms with van der Waals surface area (Å²) in [6, 6.07) is 18.5. The van der Waals surface area contributed by atoms with Crippen LogP contribution in [-0.4, -0.2) is 69.2 Å². The third-order valence-corrected chi connectivity index (χ3v) is 7.98. The number of benzene rings is 3. The van der Waals surface area contributed by atoms with Gasteiger partial charge in [-0.3, -0.25) is 4.79 Å². The molecule has 0 aromatic heterocycles. The van der Waals surface area contributed by atoms with Crippen molar-refractivity contribution in [1.82, 2.24) is 10.6 Å². The highest BCUT2D eigenvalue weighted by atomic mass is 35.5. The zero-order chi connectivity index (χ0) is 33.2. The van der Waals surface area contributed by atoms with Gasteiger partial charge in [0.1, 0.15) is 23.4 Å². The van der Waals surface area contributed by atoms with Gasteiger partial charge in [0.25, 0.3) is 5.91 Å². The van der Waals surface area contributed by atoms with Crippen molar-refractivity contribution in [3.63, 3.8) is 0 Å². The first kappa shape index (κ1) is 36.4. The summed E-state index contributed by atoms with van der Waals surface area (Å²) in [6.07, 6.45) is -0.275. The summed E-state index contributed by atoms with van der Waals surface area (Å²) >= 11 is 5.83. The molecule has 1 amide bonds. The Hall–Kier alpha value is -3.07. The molecule has 3 aromatic carbocycles. The zero-order valence-electron chi connectivity index (χ0n) is 25.8. The van der Waals surface area contributed by atoms with Crippen molar-refractivity contribution in [2.24, 2.45) is 5.14 Å². The molecule has 6 N–H and O–H groups in total. The van der Waals surface area contributed by atoms with Crippen molar-refractivity contribution >= 4 is 27.5 Å². The second kappa shape index (κ2) is 16.5. The van der Waals surface area contributed by atoms with Crippen LogP contribution in [0.1, 0.15) is 54.7 Å². The molecular weight excluding hydrogens is 622 g/mol. The molecule has 0 aliphatic carbocycles. The number of sulfonamides is 1. The number of carbonyl (C=O) groups is 1. The number of aliphatic hydroxyl groups is 2. The van der Waals surface area contributed by atoms with E-state index in [4.69, 9.17) is 31.0 Å². The van der Waals surface area contributed by atoms with Crippen LogP contribution < -0.4 is 20.5 Å². The number of primary sulfonamides is 1. The molecule has 4 rings (SSSR count). The molecule has 13 heteroatoms. The number of halogens is 1. The Balaban J connectivity index is 0.000000245. The summed E-state index contributed by atoms with van der Waals surface area (Å²) in [7, 11) is -4.06. The molecular formula is C32H42ClN3O8S. The standard InChI is InChI=1S/C18H31NO4.C14H11ClN2O4S/c1-14(2)19-11-17(20)13-23-18-7-5-16(6-8-18)12-21-9-10-22-15(3)4;15-11-6-5-8(7-12(11)22(16,20)21)14(19)10-4-2-1-3-9(10)13(18)17-14/h5-8,14-15,17,19-20H,9-13H2,1-4H3;1-7,19H,(H,17,18)(H2,16,20,21). The first-order valence-electron chi connectivity index (χ1n) is 14.5. The highest BCUT2D eigenvalue weighted by Crippen LogP contribution is 2.36. The van der Waals surface area contributed by atoms with Gasteiger partial charge in [-0.2, -0.15) is 0 Å². The number of fused-ring (bicyclic) bond motifs is 1. The molecule has 3 aromatic rings. The van der Waals surface area contributed by atoms with Crippen molar-refractivity contribution in [2.45, 2.75) is 63.2 Å². The number of hydrogen-bond acceptors (Lipinski definition) is 9. The molecule has 1 heterocycles. The van der Waals surface area contributed by atoms with Crippen LogP contribution in [0, 0.1) is 0 Å². The van der Waals surface area contributed by atoms with Gasteiger partial charge in [-0.05, 0) is 49.7 Å². The second-order valence-corrected chi connectivity index (χ2v) is 13.0. The Morgan fingerprint density at radius 1 is 1.02 bits per heavy atom. The number of ether oxygens (including phenoxy) is 3. The van der Waals surface area contributed by atoms with E-state index in [0.717, 1.165) is 17.4 Å². The van der Waals surface area contributed by atoms with Crippen LogP contribution in [0.5, 0.6) is 5.75 Å². The predicted octanol–water partition coefficient (Wildman–Crippen LogP) is 3.29. The summed E-state index contributed by atoms with van der Waals surface area (Å²) in [5.74, 6) is 0.297. The number of aliphatic hydroxyl groups excluding tert-OH is 1. The molecule has 45 heavy (non-hydrogen) atoms. The Labute approximate surface area is 269 Å². The number of nitrogens with two attached hydrogens (primary N) is 1. The maximum Gasteiger partial charge on any atom is 0.254 e. The molecule has 1 aliphatic heterocycles. The van der Waals surface area contributed by atoms with E-state index in [9.17, 15) is 23.4 Å². The molecule has 246 valence electrons. The van der Waals surface area contributed by atoms with Crippen molar-refractivity contribution in [1.29, 1.82) is 0 Å². The highest BCUT2D eigenvalue weighted by Gasteiger charge is 2.43. The maximum absolute atomic E-state index is 12.0. The third kappa shape index (κ3) is 10.8. The minimum absolute atomic E-state index is 0.0625. The predicted molar refractivity (Wildman–Crippen MR) is 172 cm³/mol. The fourth-order valence-electron chi connectivity index (χ4n) is 4.31. The minimum Gasteiger partial charge on any atom is -0.491 e. The van der Waals surface area contributed by atoms with Gasteiger partial charge in [0.2, 0.25) is 10.0 Å². The van der Waals surface area contributed by atoms with Gasteiger partial charge in [-0.25, -0.2) is 13.6 Å². The van der Waals surface area contributed by atoms with Gasteiger partial charge in [0.05, 0.1) is 30.9 Å². The first-order valence-corrected chi connectivity index (χ1v) is 16.4. The molecule has 2 atom stereocenters. The third-order valence-electron chi connectivity index (χ3n) is 6.59. The quantitative estimate of drug-likeness (QED) is 0.163. The average molecular weight is 664 g/mol. The Bertz CT molecular complexity index is 1520. The molecule has 0 radical (unpaired) electrons. The minimum atomic E-state index is -4.06. The number of rotatable bonds is 14. The summed E-state index contributed by atoms with van der Waals surface area (Å²) in [5, 5.41) is 31.3. The largest absolute Gasteiger partial charge is 0.491 e. The van der Waals surface area contributed by atoms with Gasteiger partial charge < -0.3 is 35.1 Å². The van der Waals surface area contributed by atoms with Crippen LogP contribution in [0.2, 0.25) is 5.02 Å². The number of hydrogen-bond donors (Lipinski definition) is 5. The lowest BCUT2D eigenvalue weighted by Gasteiger charge is -2.25. The normalized spacial score (nSPS) is 16.6. The number of nitrogens with one attached hydrogen (secondary N) is 2. The average Bonchev–Trinajstić information content (AvgIpc) is 3.25. The number of amides is 1. The summed E-state index contributed by atoms with van der Waals surface area (Å²) in [5.41, 5.74) is 0.0560. The van der Waals surface area contributed by atoms with E-state index < -0.39 is 27.8 Å². The van der Waals surface area contributed by atoms with E-state index >= 15 is 0 Å². The molecule has 1 aliphatic rings. The smallest absolute Gasteiger partial charge is 0.254 e. The van der Waals surface area contributed by atoms with Crippen LogP contribution in [-0.2, 0) is 31.8 Å². The first-order chi connectivity index (χ1) is 21.2. The monoisotopic (exact) mass is 663 g/mol. The molecule has 0 saturated heterocycles. The van der Waals surface area contributed by atoms with Gasteiger partial charge in [0, 0.05) is 29.3 Å². The van der Waals surface area contributed by atoms with E-state index in [-0.39, 0.29) is 28.2 Å². The van der Waals surface area contributed by atoms with Crippen molar-refractivity contribution in [3.8, 4) is 5.75 Å². The van der Waals surface area contributed by atoms with Crippen LogP contribution in [0.25, 0.3) is 0 Å². The van der Waals surface area contributed by atoms with E-state index in [0.29, 0.717) is 43.5 Å². The second-order valence-electron chi connectivity index (χ2n) is 11.0. The molecule has 11 nitrogen and oxygen atoms in total. The van der Waals surface area contributed by atoms with Crippen molar-refractivity contribution in [3.05, 3.63) is 94.0 Å². The Morgan fingerprint density at radius 2 is 1.71 bits per heavy atom. The van der Waals surface area contributed by atoms with Gasteiger partial charge >= 0.3 is 0 Å². The topological polar surface area (TPSA) is 169 Å². The van der Waals surface area contributed by atoms with Gasteiger partial charge in [-0.1, -0.05) is 61.8 Å².